The van der Waals surface area contributed by atoms with Crippen molar-refractivity contribution < 1.29 is 9.53 Å². The van der Waals surface area contributed by atoms with Gasteiger partial charge in [-0.2, -0.15) is 0 Å². The molecule has 0 aromatic heterocycles. The first kappa shape index (κ1) is 14.7. The topological polar surface area (TPSA) is 38.3 Å². The summed E-state index contributed by atoms with van der Waals surface area (Å²) < 4.78 is 5.15. The average molecular weight is 249 g/mol. The number of carbonyl (C=O) groups is 1. The quantitative estimate of drug-likeness (QED) is 0.719. The van der Waals surface area contributed by atoms with Crippen LogP contribution in [0.1, 0.15) is 32.3 Å². The molecule has 0 spiro atoms. The van der Waals surface area contributed by atoms with E-state index in [1.807, 2.05) is 32.0 Å². The minimum atomic E-state index is 0.0732. The molecule has 0 saturated carbocycles. The van der Waals surface area contributed by atoms with E-state index in [0.717, 1.165) is 12.8 Å². The Balaban J connectivity index is 2.17. The number of ether oxygens (including phenoxy) is 1. The van der Waals surface area contributed by atoms with Crippen molar-refractivity contribution in [3.8, 4) is 0 Å². The molecule has 0 aliphatic carbocycles. The SMILES string of the molecule is CCOCCC(=O)N[C@H](C)CCc1ccccc1. The zero-order valence-electron chi connectivity index (χ0n) is 11.3. The van der Waals surface area contributed by atoms with E-state index in [-0.39, 0.29) is 11.9 Å². The maximum Gasteiger partial charge on any atom is 0.222 e. The summed E-state index contributed by atoms with van der Waals surface area (Å²) in [5.41, 5.74) is 1.31. The molecule has 0 saturated heterocycles. The lowest BCUT2D eigenvalue weighted by Gasteiger charge is -2.13. The first-order valence-electron chi connectivity index (χ1n) is 6.63. The number of nitrogens with one attached hydrogen (secondary N) is 1. The number of carbonyl (C=O) groups excluding carboxylic acids is 1. The predicted molar refractivity (Wildman–Crippen MR) is 73.5 cm³/mol. The van der Waals surface area contributed by atoms with Crippen LogP contribution in [0.5, 0.6) is 0 Å². The number of aryl methyl sites for hydroxylation is 1. The maximum atomic E-state index is 11.5. The molecular formula is C15H23NO2. The summed E-state index contributed by atoms with van der Waals surface area (Å²) in [6.45, 7) is 5.15. The van der Waals surface area contributed by atoms with Gasteiger partial charge in [-0.3, -0.25) is 4.79 Å². The van der Waals surface area contributed by atoms with Gasteiger partial charge in [-0.1, -0.05) is 30.3 Å². The molecule has 1 aromatic carbocycles. The van der Waals surface area contributed by atoms with E-state index in [1.165, 1.54) is 5.56 Å². The van der Waals surface area contributed by atoms with Crippen molar-refractivity contribution >= 4 is 5.91 Å². The van der Waals surface area contributed by atoms with E-state index in [4.69, 9.17) is 4.74 Å². The van der Waals surface area contributed by atoms with Crippen molar-refractivity contribution in [3.63, 3.8) is 0 Å². The van der Waals surface area contributed by atoms with Crippen LogP contribution in [0, 0.1) is 0 Å². The van der Waals surface area contributed by atoms with Gasteiger partial charge in [-0.25, -0.2) is 0 Å². The zero-order chi connectivity index (χ0) is 13.2. The van der Waals surface area contributed by atoms with Crippen LogP contribution in [-0.2, 0) is 16.0 Å². The highest BCUT2D eigenvalue weighted by Crippen LogP contribution is 2.04. The summed E-state index contributed by atoms with van der Waals surface area (Å²) in [6.07, 6.45) is 2.40. The Hall–Kier alpha value is -1.35. The molecule has 0 radical (unpaired) electrons. The summed E-state index contributed by atoms with van der Waals surface area (Å²) in [6, 6.07) is 10.5. The van der Waals surface area contributed by atoms with Crippen LogP contribution in [-0.4, -0.2) is 25.2 Å². The molecule has 0 heterocycles. The number of amides is 1. The largest absolute Gasteiger partial charge is 0.381 e. The third kappa shape index (κ3) is 6.40. The van der Waals surface area contributed by atoms with Gasteiger partial charge in [0, 0.05) is 19.1 Å². The fraction of sp³-hybridized carbons (Fsp3) is 0.533. The second-order valence-electron chi connectivity index (χ2n) is 4.44. The van der Waals surface area contributed by atoms with Gasteiger partial charge in [0.2, 0.25) is 5.91 Å². The van der Waals surface area contributed by atoms with Crippen molar-refractivity contribution in [1.82, 2.24) is 5.32 Å². The molecule has 1 amide bonds. The van der Waals surface area contributed by atoms with Gasteiger partial charge in [0.1, 0.15) is 0 Å². The first-order valence-corrected chi connectivity index (χ1v) is 6.63. The van der Waals surface area contributed by atoms with Gasteiger partial charge in [0.05, 0.1) is 6.61 Å². The Morgan fingerprint density at radius 3 is 2.72 bits per heavy atom. The van der Waals surface area contributed by atoms with Crippen molar-refractivity contribution in [3.05, 3.63) is 35.9 Å². The molecule has 0 fully saturated rings. The van der Waals surface area contributed by atoms with Crippen molar-refractivity contribution in [2.75, 3.05) is 13.2 Å². The smallest absolute Gasteiger partial charge is 0.222 e. The van der Waals surface area contributed by atoms with Crippen LogP contribution in [0.15, 0.2) is 30.3 Å². The molecule has 1 rings (SSSR count). The first-order chi connectivity index (χ1) is 8.72. The van der Waals surface area contributed by atoms with E-state index in [9.17, 15) is 4.79 Å². The summed E-state index contributed by atoms with van der Waals surface area (Å²) in [5.74, 6) is 0.0732. The predicted octanol–water partition coefficient (Wildman–Crippen LogP) is 2.55. The standard InChI is InChI=1S/C15H23NO2/c1-3-18-12-11-15(17)16-13(2)9-10-14-7-5-4-6-8-14/h4-8,13H,3,9-12H2,1-2H3,(H,16,17)/t13-/m1/s1. The van der Waals surface area contributed by atoms with Crippen molar-refractivity contribution in [1.29, 1.82) is 0 Å². The Morgan fingerprint density at radius 2 is 2.06 bits per heavy atom. The Morgan fingerprint density at radius 1 is 1.33 bits per heavy atom. The Kier molecular flexibility index (Phi) is 7.11. The van der Waals surface area contributed by atoms with Gasteiger partial charge < -0.3 is 10.1 Å². The maximum absolute atomic E-state index is 11.5. The van der Waals surface area contributed by atoms with Gasteiger partial charge in [-0.05, 0) is 32.3 Å². The van der Waals surface area contributed by atoms with E-state index in [0.29, 0.717) is 19.6 Å². The third-order valence-electron chi connectivity index (χ3n) is 2.79. The van der Waals surface area contributed by atoms with Gasteiger partial charge in [0.25, 0.3) is 0 Å². The molecule has 1 N–H and O–H groups in total. The van der Waals surface area contributed by atoms with Gasteiger partial charge in [0.15, 0.2) is 0 Å². The highest BCUT2D eigenvalue weighted by atomic mass is 16.5. The van der Waals surface area contributed by atoms with Crippen molar-refractivity contribution in [2.45, 2.75) is 39.2 Å². The van der Waals surface area contributed by atoms with Crippen LogP contribution >= 0.6 is 0 Å². The van der Waals surface area contributed by atoms with Gasteiger partial charge in [-0.15, -0.1) is 0 Å². The molecule has 100 valence electrons. The second-order valence-corrected chi connectivity index (χ2v) is 4.44. The molecule has 3 heteroatoms. The highest BCUT2D eigenvalue weighted by molar-refractivity contribution is 5.76. The molecule has 0 unspecified atom stereocenters. The van der Waals surface area contributed by atoms with Crippen LogP contribution < -0.4 is 5.32 Å². The lowest BCUT2D eigenvalue weighted by Crippen LogP contribution is -2.33. The monoisotopic (exact) mass is 249 g/mol. The Labute approximate surface area is 110 Å². The molecule has 0 bridgehead atoms. The van der Waals surface area contributed by atoms with E-state index >= 15 is 0 Å². The van der Waals surface area contributed by atoms with E-state index in [2.05, 4.69) is 17.4 Å². The Bertz CT molecular complexity index is 338. The molecule has 18 heavy (non-hydrogen) atoms. The summed E-state index contributed by atoms with van der Waals surface area (Å²) in [7, 11) is 0. The van der Waals surface area contributed by atoms with E-state index < -0.39 is 0 Å². The second kappa shape index (κ2) is 8.70. The fourth-order valence-electron chi connectivity index (χ4n) is 1.76. The number of benzene rings is 1. The molecule has 0 aliphatic heterocycles. The summed E-state index contributed by atoms with van der Waals surface area (Å²) in [4.78, 5) is 11.5. The minimum Gasteiger partial charge on any atom is -0.381 e. The summed E-state index contributed by atoms with van der Waals surface area (Å²) >= 11 is 0. The molecule has 3 nitrogen and oxygen atoms in total. The average Bonchev–Trinajstić information content (AvgIpc) is 2.38. The number of hydrogen-bond donors (Lipinski definition) is 1. The van der Waals surface area contributed by atoms with Crippen molar-refractivity contribution in [2.24, 2.45) is 0 Å². The van der Waals surface area contributed by atoms with Crippen LogP contribution in [0.4, 0.5) is 0 Å². The number of hydrogen-bond acceptors (Lipinski definition) is 2. The lowest BCUT2D eigenvalue weighted by molar-refractivity contribution is -0.122. The third-order valence-corrected chi connectivity index (χ3v) is 2.79. The normalized spacial score (nSPS) is 12.1. The lowest BCUT2D eigenvalue weighted by atomic mass is 10.1. The highest BCUT2D eigenvalue weighted by Gasteiger charge is 2.07. The molecular weight excluding hydrogens is 226 g/mol. The van der Waals surface area contributed by atoms with Crippen LogP contribution in [0.2, 0.25) is 0 Å². The molecule has 1 atom stereocenters. The van der Waals surface area contributed by atoms with Crippen LogP contribution in [0.3, 0.4) is 0 Å². The molecule has 1 aromatic rings. The summed E-state index contributed by atoms with van der Waals surface area (Å²) in [5, 5.41) is 2.99. The van der Waals surface area contributed by atoms with Gasteiger partial charge >= 0.3 is 0 Å². The zero-order valence-corrected chi connectivity index (χ0v) is 11.3. The fourth-order valence-corrected chi connectivity index (χ4v) is 1.76. The van der Waals surface area contributed by atoms with Crippen LogP contribution in [0.25, 0.3) is 0 Å². The number of rotatable bonds is 8. The minimum absolute atomic E-state index is 0.0732. The molecule has 0 aliphatic rings. The van der Waals surface area contributed by atoms with E-state index in [1.54, 1.807) is 0 Å².